The van der Waals surface area contributed by atoms with E-state index in [4.69, 9.17) is 37.4 Å². The number of rotatable bonds is 5. The van der Waals surface area contributed by atoms with Gasteiger partial charge in [0.1, 0.15) is 5.75 Å². The largest absolute Gasteiger partial charge is 0.492 e. The van der Waals surface area contributed by atoms with Crippen molar-refractivity contribution in [3.63, 3.8) is 0 Å². The highest BCUT2D eigenvalue weighted by atomic mass is 35.5. The summed E-state index contributed by atoms with van der Waals surface area (Å²) in [7, 11) is 0. The molecule has 0 aliphatic carbocycles. The zero-order valence-electron chi connectivity index (χ0n) is 13.9. The van der Waals surface area contributed by atoms with Gasteiger partial charge in [-0.15, -0.1) is 0 Å². The van der Waals surface area contributed by atoms with Gasteiger partial charge >= 0.3 is 0 Å². The van der Waals surface area contributed by atoms with Crippen molar-refractivity contribution in [2.45, 2.75) is 12.2 Å². The molecule has 0 aromatic heterocycles. The van der Waals surface area contributed by atoms with Crippen molar-refractivity contribution in [1.29, 1.82) is 0 Å². The van der Waals surface area contributed by atoms with Gasteiger partial charge in [-0.25, -0.2) is 0 Å². The lowest BCUT2D eigenvalue weighted by Gasteiger charge is -2.22. The number of carbonyl (C=O) groups excluding carboxylic acids is 1. The second-order valence-electron chi connectivity index (χ2n) is 6.06. The number of hydrogen-bond donors (Lipinski definition) is 0. The number of nitrogens with zero attached hydrogens (tertiary/aromatic N) is 1. The normalized spacial score (nSPS) is 17.8. The van der Waals surface area contributed by atoms with Crippen LogP contribution in [0.25, 0.3) is 0 Å². The van der Waals surface area contributed by atoms with Crippen LogP contribution < -0.4 is 9.64 Å². The first-order valence-corrected chi connectivity index (χ1v) is 9.15. The second-order valence-corrected chi connectivity index (χ2v) is 6.91. The number of benzene rings is 2. The third-order valence-corrected chi connectivity index (χ3v) is 4.99. The van der Waals surface area contributed by atoms with E-state index in [9.17, 15) is 4.79 Å². The maximum Gasteiger partial charge on any atom is 0.292 e. The molecule has 1 amide bonds. The minimum Gasteiger partial charge on any atom is -0.492 e. The minimum atomic E-state index is -1.36. The fourth-order valence-corrected chi connectivity index (χ4v) is 3.65. The summed E-state index contributed by atoms with van der Waals surface area (Å²) in [6, 6.07) is 12.6. The van der Waals surface area contributed by atoms with E-state index in [-0.39, 0.29) is 5.91 Å². The van der Waals surface area contributed by atoms with Crippen LogP contribution in [-0.2, 0) is 20.1 Å². The van der Waals surface area contributed by atoms with Crippen molar-refractivity contribution in [3.05, 3.63) is 58.1 Å². The SMILES string of the molecule is O=C1N(CCCOc2ccccc2Cl)c2ccc(Cl)cc2C12OCCO2. The number of amides is 1. The highest BCUT2D eigenvalue weighted by Gasteiger charge is 2.55. The van der Waals surface area contributed by atoms with Crippen LogP contribution in [-0.4, -0.2) is 32.3 Å². The van der Waals surface area contributed by atoms with Crippen LogP contribution in [0.15, 0.2) is 42.5 Å². The van der Waals surface area contributed by atoms with Gasteiger partial charge in [-0.05, 0) is 36.8 Å². The maximum atomic E-state index is 13.0. The molecule has 2 aliphatic heterocycles. The minimum absolute atomic E-state index is 0.218. The Morgan fingerprint density at radius 2 is 1.88 bits per heavy atom. The van der Waals surface area contributed by atoms with Crippen LogP contribution in [0.4, 0.5) is 5.69 Å². The zero-order valence-corrected chi connectivity index (χ0v) is 15.4. The molecule has 2 aromatic rings. The van der Waals surface area contributed by atoms with Gasteiger partial charge in [0.2, 0.25) is 0 Å². The standard InChI is InChI=1S/C19H17Cl2NO4/c20-13-6-7-16-14(12-13)19(25-10-11-26-19)18(23)22(16)8-3-9-24-17-5-2-1-4-15(17)21/h1-2,4-7,12H,3,8-11H2. The molecule has 0 saturated carbocycles. The van der Waals surface area contributed by atoms with Crippen molar-refractivity contribution in [2.75, 3.05) is 31.3 Å². The molecule has 2 aromatic carbocycles. The highest BCUT2D eigenvalue weighted by molar-refractivity contribution is 6.32. The number of ether oxygens (including phenoxy) is 3. The summed E-state index contributed by atoms with van der Waals surface area (Å²) in [6.45, 7) is 1.67. The molecule has 4 rings (SSSR count). The van der Waals surface area contributed by atoms with Gasteiger partial charge < -0.3 is 19.1 Å². The van der Waals surface area contributed by atoms with Crippen molar-refractivity contribution < 1.29 is 19.0 Å². The lowest BCUT2D eigenvalue weighted by molar-refractivity contribution is -0.180. The van der Waals surface area contributed by atoms with Crippen molar-refractivity contribution >= 4 is 34.8 Å². The second kappa shape index (κ2) is 7.08. The zero-order chi connectivity index (χ0) is 18.1. The predicted molar refractivity (Wildman–Crippen MR) is 99.0 cm³/mol. The van der Waals surface area contributed by atoms with Gasteiger partial charge in [-0.1, -0.05) is 35.3 Å². The Balaban J connectivity index is 1.47. The average Bonchev–Trinajstić information content (AvgIpc) is 3.21. The summed E-state index contributed by atoms with van der Waals surface area (Å²) < 4.78 is 17.1. The molecule has 1 fully saturated rings. The molecule has 1 spiro atoms. The summed E-state index contributed by atoms with van der Waals surface area (Å²) in [4.78, 5) is 14.7. The first-order valence-electron chi connectivity index (χ1n) is 8.39. The Morgan fingerprint density at radius 3 is 2.65 bits per heavy atom. The monoisotopic (exact) mass is 393 g/mol. The van der Waals surface area contributed by atoms with Crippen LogP contribution in [0.2, 0.25) is 10.0 Å². The van der Waals surface area contributed by atoms with E-state index in [1.807, 2.05) is 24.3 Å². The highest BCUT2D eigenvalue weighted by Crippen LogP contribution is 2.46. The molecule has 0 atom stereocenters. The quantitative estimate of drug-likeness (QED) is 0.720. The Hall–Kier alpha value is -1.79. The summed E-state index contributed by atoms with van der Waals surface area (Å²) in [6.07, 6.45) is 0.634. The van der Waals surface area contributed by atoms with Gasteiger partial charge in [0.25, 0.3) is 11.7 Å². The van der Waals surface area contributed by atoms with Crippen LogP contribution in [0.1, 0.15) is 12.0 Å². The van der Waals surface area contributed by atoms with Crippen LogP contribution in [0, 0.1) is 0 Å². The van der Waals surface area contributed by atoms with Gasteiger partial charge in [-0.3, -0.25) is 4.79 Å². The van der Waals surface area contributed by atoms with Crippen LogP contribution in [0.3, 0.4) is 0 Å². The summed E-state index contributed by atoms with van der Waals surface area (Å²) in [5.74, 6) is -0.942. The Labute approximate surface area is 161 Å². The molecule has 2 aliphatic rings. The number of anilines is 1. The van der Waals surface area contributed by atoms with E-state index in [1.54, 1.807) is 23.1 Å². The average molecular weight is 394 g/mol. The summed E-state index contributed by atoms with van der Waals surface area (Å²) in [5, 5.41) is 1.11. The first kappa shape index (κ1) is 17.6. The van der Waals surface area contributed by atoms with Crippen LogP contribution >= 0.6 is 23.2 Å². The van der Waals surface area contributed by atoms with E-state index in [2.05, 4.69) is 0 Å². The summed E-state index contributed by atoms with van der Waals surface area (Å²) in [5.41, 5.74) is 1.43. The third-order valence-electron chi connectivity index (χ3n) is 4.44. The smallest absolute Gasteiger partial charge is 0.292 e. The number of para-hydroxylation sites is 1. The topological polar surface area (TPSA) is 48.0 Å². The number of fused-ring (bicyclic) bond motifs is 2. The van der Waals surface area contributed by atoms with Crippen molar-refractivity contribution in [3.8, 4) is 5.75 Å². The molecule has 0 bridgehead atoms. The number of halogens is 2. The Kier molecular flexibility index (Phi) is 4.80. The van der Waals surface area contributed by atoms with Gasteiger partial charge in [0, 0.05) is 17.1 Å². The van der Waals surface area contributed by atoms with E-state index in [0.29, 0.717) is 54.1 Å². The van der Waals surface area contributed by atoms with Gasteiger partial charge in [-0.2, -0.15) is 0 Å². The Morgan fingerprint density at radius 1 is 1.12 bits per heavy atom. The molecule has 0 N–H and O–H groups in total. The van der Waals surface area contributed by atoms with Crippen molar-refractivity contribution in [2.24, 2.45) is 0 Å². The van der Waals surface area contributed by atoms with E-state index < -0.39 is 5.79 Å². The van der Waals surface area contributed by atoms with Crippen molar-refractivity contribution in [1.82, 2.24) is 0 Å². The lowest BCUT2D eigenvalue weighted by Crippen LogP contribution is -2.41. The fraction of sp³-hybridized carbons (Fsp3) is 0.316. The molecular formula is C19H17Cl2NO4. The molecule has 5 nitrogen and oxygen atoms in total. The maximum absolute atomic E-state index is 13.0. The molecule has 0 radical (unpaired) electrons. The molecule has 136 valence electrons. The first-order chi connectivity index (χ1) is 12.6. The summed E-state index contributed by atoms with van der Waals surface area (Å²) >= 11 is 12.2. The molecular weight excluding hydrogens is 377 g/mol. The molecule has 7 heteroatoms. The number of hydrogen-bond acceptors (Lipinski definition) is 4. The number of carbonyl (C=O) groups is 1. The molecule has 2 heterocycles. The molecule has 26 heavy (non-hydrogen) atoms. The third kappa shape index (κ3) is 2.95. The lowest BCUT2D eigenvalue weighted by atomic mass is 10.1. The van der Waals surface area contributed by atoms with E-state index in [1.165, 1.54) is 0 Å². The van der Waals surface area contributed by atoms with E-state index >= 15 is 0 Å². The Bertz CT molecular complexity index is 836. The molecule has 0 unspecified atom stereocenters. The molecule has 1 saturated heterocycles. The van der Waals surface area contributed by atoms with Crippen LogP contribution in [0.5, 0.6) is 5.75 Å². The van der Waals surface area contributed by atoms with Gasteiger partial charge in [0.15, 0.2) is 0 Å². The van der Waals surface area contributed by atoms with E-state index in [0.717, 1.165) is 5.69 Å². The fourth-order valence-electron chi connectivity index (χ4n) is 3.29. The predicted octanol–water partition coefficient (Wildman–Crippen LogP) is 4.01. The van der Waals surface area contributed by atoms with Gasteiger partial charge in [0.05, 0.1) is 30.5 Å².